The number of piperidine rings is 1. The third-order valence-corrected chi connectivity index (χ3v) is 5.16. The van der Waals surface area contributed by atoms with Crippen molar-refractivity contribution in [3.63, 3.8) is 0 Å². The van der Waals surface area contributed by atoms with Gasteiger partial charge in [-0.3, -0.25) is 24.6 Å². The molecule has 0 aromatic heterocycles. The molecular formula is C18H22N4O3. The van der Waals surface area contributed by atoms with Gasteiger partial charge >= 0.3 is 0 Å². The Labute approximate surface area is 146 Å². The molecule has 1 aromatic carbocycles. The molecule has 1 unspecified atom stereocenters. The number of amides is 3. The Morgan fingerprint density at radius 2 is 2.08 bits per heavy atom. The topological polar surface area (TPSA) is 81.8 Å². The summed E-state index contributed by atoms with van der Waals surface area (Å²) in [6.45, 7) is 4.32. The summed E-state index contributed by atoms with van der Waals surface area (Å²) in [4.78, 5) is 40.0. The fourth-order valence-corrected chi connectivity index (χ4v) is 3.86. The molecule has 3 heterocycles. The molecule has 4 rings (SSSR count). The zero-order chi connectivity index (χ0) is 17.4. The molecular weight excluding hydrogens is 320 g/mol. The quantitative estimate of drug-likeness (QED) is 0.767. The van der Waals surface area contributed by atoms with E-state index in [9.17, 15) is 14.4 Å². The predicted molar refractivity (Wildman–Crippen MR) is 90.4 cm³/mol. The van der Waals surface area contributed by atoms with Crippen molar-refractivity contribution in [3.8, 4) is 0 Å². The second kappa shape index (κ2) is 6.57. The van der Waals surface area contributed by atoms with E-state index in [1.54, 1.807) is 4.90 Å². The summed E-state index contributed by atoms with van der Waals surface area (Å²) in [6.07, 6.45) is 1.83. The van der Waals surface area contributed by atoms with Crippen LogP contribution in [0.3, 0.4) is 0 Å². The minimum absolute atomic E-state index is 0.115. The number of fused-ring (bicyclic) bond motifs is 1. The highest BCUT2D eigenvalue weighted by molar-refractivity contribution is 6.05. The standard InChI is InChI=1S/C18H22N4O3/c23-16-5-4-15(17(24)20-16)22-10-13-8-12(2-3-14(13)18(22)25)9-21-7-1-6-19-11-21/h2-3,8,15,19H,1,4-7,9-11H2,(H,20,23,24). The van der Waals surface area contributed by atoms with Gasteiger partial charge in [-0.15, -0.1) is 0 Å². The van der Waals surface area contributed by atoms with Crippen molar-refractivity contribution in [2.75, 3.05) is 19.8 Å². The van der Waals surface area contributed by atoms with Crippen LogP contribution in [0.25, 0.3) is 0 Å². The third kappa shape index (κ3) is 3.17. The van der Waals surface area contributed by atoms with E-state index in [1.165, 1.54) is 5.56 Å². The van der Waals surface area contributed by atoms with Gasteiger partial charge in [-0.1, -0.05) is 12.1 Å². The lowest BCUT2D eigenvalue weighted by Gasteiger charge is -2.29. The normalized spacial score (nSPS) is 24.4. The second-order valence-corrected chi connectivity index (χ2v) is 6.96. The maximum atomic E-state index is 12.7. The first-order chi connectivity index (χ1) is 12.1. The van der Waals surface area contributed by atoms with Crippen LogP contribution in [0.15, 0.2) is 18.2 Å². The minimum atomic E-state index is -0.549. The summed E-state index contributed by atoms with van der Waals surface area (Å²) in [5, 5.41) is 5.70. The van der Waals surface area contributed by atoms with E-state index >= 15 is 0 Å². The molecule has 25 heavy (non-hydrogen) atoms. The monoisotopic (exact) mass is 342 g/mol. The number of rotatable bonds is 3. The van der Waals surface area contributed by atoms with Gasteiger partial charge in [0.05, 0.1) is 0 Å². The van der Waals surface area contributed by atoms with Gasteiger partial charge < -0.3 is 10.2 Å². The fraction of sp³-hybridized carbons (Fsp3) is 0.500. The summed E-state index contributed by atoms with van der Waals surface area (Å²) in [5.41, 5.74) is 2.82. The number of nitrogens with zero attached hydrogens (tertiary/aromatic N) is 2. The zero-order valence-electron chi connectivity index (χ0n) is 14.1. The van der Waals surface area contributed by atoms with Crippen molar-refractivity contribution in [3.05, 3.63) is 34.9 Å². The summed E-state index contributed by atoms with van der Waals surface area (Å²) in [6, 6.07) is 5.40. The Kier molecular flexibility index (Phi) is 4.27. The molecule has 0 spiro atoms. The highest BCUT2D eigenvalue weighted by atomic mass is 16.2. The van der Waals surface area contributed by atoms with Crippen LogP contribution in [-0.4, -0.2) is 53.3 Å². The number of hydrogen-bond acceptors (Lipinski definition) is 5. The van der Waals surface area contributed by atoms with Crippen LogP contribution < -0.4 is 10.6 Å². The van der Waals surface area contributed by atoms with E-state index < -0.39 is 6.04 Å². The maximum absolute atomic E-state index is 12.7. The zero-order valence-corrected chi connectivity index (χ0v) is 14.1. The lowest BCUT2D eigenvalue weighted by atomic mass is 10.0. The molecule has 3 amide bonds. The largest absolute Gasteiger partial charge is 0.322 e. The van der Waals surface area contributed by atoms with Gasteiger partial charge in [-0.25, -0.2) is 0 Å². The molecule has 132 valence electrons. The van der Waals surface area contributed by atoms with Gasteiger partial charge in [-0.2, -0.15) is 0 Å². The molecule has 3 aliphatic heterocycles. The van der Waals surface area contributed by atoms with E-state index in [4.69, 9.17) is 0 Å². The molecule has 2 saturated heterocycles. The average Bonchev–Trinajstić information content (AvgIpc) is 2.92. The molecule has 1 aromatic rings. The van der Waals surface area contributed by atoms with Crippen molar-refractivity contribution in [2.45, 2.75) is 38.4 Å². The second-order valence-electron chi connectivity index (χ2n) is 6.96. The van der Waals surface area contributed by atoms with Crippen molar-refractivity contribution in [2.24, 2.45) is 0 Å². The average molecular weight is 342 g/mol. The Morgan fingerprint density at radius 3 is 2.84 bits per heavy atom. The molecule has 0 bridgehead atoms. The predicted octanol–water partition coefficient (Wildman–Crippen LogP) is 0.200. The summed E-state index contributed by atoms with van der Waals surface area (Å²) in [5.74, 6) is -0.740. The van der Waals surface area contributed by atoms with E-state index in [0.717, 1.165) is 38.3 Å². The molecule has 0 radical (unpaired) electrons. The first-order valence-corrected chi connectivity index (χ1v) is 8.81. The number of imide groups is 1. The first kappa shape index (κ1) is 16.2. The molecule has 2 fully saturated rings. The van der Waals surface area contributed by atoms with Crippen LogP contribution in [0.2, 0.25) is 0 Å². The summed E-state index contributed by atoms with van der Waals surface area (Å²) >= 11 is 0. The Morgan fingerprint density at radius 1 is 1.20 bits per heavy atom. The number of nitrogens with one attached hydrogen (secondary N) is 2. The van der Waals surface area contributed by atoms with Crippen molar-refractivity contribution >= 4 is 17.7 Å². The molecule has 7 heteroatoms. The van der Waals surface area contributed by atoms with Crippen LogP contribution in [0.1, 0.15) is 40.7 Å². The number of carbonyl (C=O) groups is 3. The molecule has 7 nitrogen and oxygen atoms in total. The molecule has 0 aliphatic carbocycles. The molecule has 0 saturated carbocycles. The van der Waals surface area contributed by atoms with E-state index in [2.05, 4.69) is 21.6 Å². The lowest BCUT2D eigenvalue weighted by molar-refractivity contribution is -0.136. The number of benzene rings is 1. The van der Waals surface area contributed by atoms with Gasteiger partial charge in [0, 0.05) is 38.3 Å². The molecule has 2 N–H and O–H groups in total. The number of carbonyl (C=O) groups excluding carboxylic acids is 3. The minimum Gasteiger partial charge on any atom is -0.322 e. The summed E-state index contributed by atoms with van der Waals surface area (Å²) in [7, 11) is 0. The van der Waals surface area contributed by atoms with E-state index in [1.807, 2.05) is 12.1 Å². The van der Waals surface area contributed by atoms with Crippen LogP contribution in [-0.2, 0) is 22.7 Å². The van der Waals surface area contributed by atoms with Crippen LogP contribution in [0, 0.1) is 0 Å². The Balaban J connectivity index is 1.49. The van der Waals surface area contributed by atoms with Crippen LogP contribution in [0.5, 0.6) is 0 Å². The van der Waals surface area contributed by atoms with Gasteiger partial charge in [0.2, 0.25) is 11.8 Å². The highest BCUT2D eigenvalue weighted by Crippen LogP contribution is 2.28. The Bertz CT molecular complexity index is 727. The maximum Gasteiger partial charge on any atom is 0.255 e. The van der Waals surface area contributed by atoms with E-state index in [-0.39, 0.29) is 24.1 Å². The Hall–Kier alpha value is -2.25. The lowest BCUT2D eigenvalue weighted by Crippen LogP contribution is -2.52. The van der Waals surface area contributed by atoms with Gasteiger partial charge in [-0.05, 0) is 36.6 Å². The molecule has 3 aliphatic rings. The van der Waals surface area contributed by atoms with Crippen LogP contribution in [0.4, 0.5) is 0 Å². The van der Waals surface area contributed by atoms with Gasteiger partial charge in [0.15, 0.2) is 0 Å². The van der Waals surface area contributed by atoms with E-state index in [0.29, 0.717) is 18.5 Å². The van der Waals surface area contributed by atoms with Gasteiger partial charge in [0.1, 0.15) is 6.04 Å². The summed E-state index contributed by atoms with van der Waals surface area (Å²) < 4.78 is 0. The highest BCUT2D eigenvalue weighted by Gasteiger charge is 2.39. The third-order valence-electron chi connectivity index (χ3n) is 5.16. The number of hydrogen-bond donors (Lipinski definition) is 2. The first-order valence-electron chi connectivity index (χ1n) is 8.81. The van der Waals surface area contributed by atoms with Crippen molar-refractivity contribution < 1.29 is 14.4 Å². The SMILES string of the molecule is O=C1CCC(N2Cc3cc(CN4CCCNC4)ccc3C2=O)C(=O)N1. The molecule has 1 atom stereocenters. The van der Waals surface area contributed by atoms with Gasteiger partial charge in [0.25, 0.3) is 5.91 Å². The van der Waals surface area contributed by atoms with Crippen molar-refractivity contribution in [1.82, 2.24) is 20.4 Å². The fourth-order valence-electron chi connectivity index (χ4n) is 3.86. The van der Waals surface area contributed by atoms with Crippen molar-refractivity contribution in [1.29, 1.82) is 0 Å². The smallest absolute Gasteiger partial charge is 0.255 e. The van der Waals surface area contributed by atoms with Crippen LogP contribution >= 0.6 is 0 Å².